The number of rotatable bonds is 9. The van der Waals surface area contributed by atoms with Crippen molar-refractivity contribution < 1.29 is 14.3 Å². The Bertz CT molecular complexity index is 1340. The van der Waals surface area contributed by atoms with E-state index < -0.39 is 0 Å². The highest BCUT2D eigenvalue weighted by Gasteiger charge is 2.19. The summed E-state index contributed by atoms with van der Waals surface area (Å²) in [5.41, 5.74) is 3.48. The molecule has 0 bridgehead atoms. The van der Waals surface area contributed by atoms with Gasteiger partial charge in [0, 0.05) is 11.6 Å². The number of nitrogens with one attached hydrogen (secondary N) is 2. The lowest BCUT2D eigenvalue weighted by Crippen LogP contribution is -2.25. The minimum Gasteiger partial charge on any atom is -0.496 e. The molecule has 0 saturated heterocycles. The van der Waals surface area contributed by atoms with Gasteiger partial charge in [0.2, 0.25) is 5.91 Å². The van der Waals surface area contributed by atoms with E-state index in [0.717, 1.165) is 16.8 Å². The zero-order valence-electron chi connectivity index (χ0n) is 19.4. The Labute approximate surface area is 211 Å². The molecule has 0 spiro atoms. The quantitative estimate of drug-likeness (QED) is 0.329. The second kappa shape index (κ2) is 11.2. The largest absolute Gasteiger partial charge is 0.496 e. The van der Waals surface area contributed by atoms with E-state index in [0.29, 0.717) is 27.4 Å². The number of nitrogens with zero attached hydrogens (tertiary/aromatic N) is 4. The van der Waals surface area contributed by atoms with Crippen LogP contribution in [-0.4, -0.2) is 44.4 Å². The number of thioether (sulfide) groups is 1. The molecular weight excluding hydrogens is 484 g/mol. The zero-order valence-corrected chi connectivity index (χ0v) is 21.1. The molecule has 9 nitrogen and oxygen atoms in total. The number of thiazole rings is 1. The molecule has 2 aromatic carbocycles. The molecule has 0 saturated carbocycles. The average Bonchev–Trinajstić information content (AvgIpc) is 3.52. The summed E-state index contributed by atoms with van der Waals surface area (Å²) in [6.45, 7) is 4.19. The SMILES string of the molecule is COc1ccccc1C(=O)NCc1nnc(SCC(=O)Nc2nccs2)n1-c1cccc(C)c1C. The summed E-state index contributed by atoms with van der Waals surface area (Å²) in [5.74, 6) is 0.700. The van der Waals surface area contributed by atoms with Crippen LogP contribution >= 0.6 is 23.1 Å². The molecule has 4 aromatic rings. The fourth-order valence-electron chi connectivity index (χ4n) is 3.39. The van der Waals surface area contributed by atoms with Crippen molar-refractivity contribution in [1.29, 1.82) is 0 Å². The molecule has 180 valence electrons. The second-order valence-electron chi connectivity index (χ2n) is 7.51. The number of aryl methyl sites for hydroxylation is 1. The average molecular weight is 509 g/mol. The molecule has 0 aliphatic carbocycles. The van der Waals surface area contributed by atoms with Gasteiger partial charge in [-0.15, -0.1) is 21.5 Å². The predicted octanol–water partition coefficient (Wildman–Crippen LogP) is 4.01. The van der Waals surface area contributed by atoms with Gasteiger partial charge in [-0.2, -0.15) is 0 Å². The Kier molecular flexibility index (Phi) is 7.78. The fourth-order valence-corrected chi connectivity index (χ4v) is 4.69. The maximum Gasteiger partial charge on any atom is 0.255 e. The van der Waals surface area contributed by atoms with Crippen LogP contribution in [0.15, 0.2) is 59.2 Å². The maximum atomic E-state index is 12.8. The van der Waals surface area contributed by atoms with Gasteiger partial charge in [0.05, 0.1) is 30.7 Å². The first-order chi connectivity index (χ1) is 17.0. The molecule has 2 heterocycles. The third-order valence-electron chi connectivity index (χ3n) is 5.29. The maximum absolute atomic E-state index is 12.8. The van der Waals surface area contributed by atoms with Crippen molar-refractivity contribution in [1.82, 2.24) is 25.1 Å². The van der Waals surface area contributed by atoms with E-state index in [-0.39, 0.29) is 24.1 Å². The van der Waals surface area contributed by atoms with Crippen LogP contribution < -0.4 is 15.4 Å². The van der Waals surface area contributed by atoms with Crippen LogP contribution in [-0.2, 0) is 11.3 Å². The van der Waals surface area contributed by atoms with Crippen molar-refractivity contribution in [2.45, 2.75) is 25.5 Å². The summed E-state index contributed by atoms with van der Waals surface area (Å²) in [5, 5.41) is 17.2. The zero-order chi connectivity index (χ0) is 24.8. The summed E-state index contributed by atoms with van der Waals surface area (Å²) in [6, 6.07) is 13.0. The predicted molar refractivity (Wildman–Crippen MR) is 136 cm³/mol. The molecule has 2 aromatic heterocycles. The van der Waals surface area contributed by atoms with Crippen molar-refractivity contribution in [2.75, 3.05) is 18.2 Å². The van der Waals surface area contributed by atoms with Gasteiger partial charge in [0.1, 0.15) is 5.75 Å². The number of benzene rings is 2. The van der Waals surface area contributed by atoms with Crippen LogP contribution in [0.25, 0.3) is 5.69 Å². The van der Waals surface area contributed by atoms with Gasteiger partial charge >= 0.3 is 0 Å². The van der Waals surface area contributed by atoms with Crippen molar-refractivity contribution in [3.05, 3.63) is 76.6 Å². The van der Waals surface area contributed by atoms with E-state index in [9.17, 15) is 9.59 Å². The van der Waals surface area contributed by atoms with Gasteiger partial charge in [-0.05, 0) is 43.2 Å². The van der Waals surface area contributed by atoms with Crippen molar-refractivity contribution in [3.63, 3.8) is 0 Å². The molecule has 0 radical (unpaired) electrons. The molecule has 0 unspecified atom stereocenters. The molecule has 0 atom stereocenters. The highest BCUT2D eigenvalue weighted by molar-refractivity contribution is 7.99. The third-order valence-corrected chi connectivity index (χ3v) is 6.90. The first kappa shape index (κ1) is 24.4. The van der Waals surface area contributed by atoms with E-state index in [4.69, 9.17) is 4.74 Å². The number of carbonyl (C=O) groups is 2. The van der Waals surface area contributed by atoms with Gasteiger partial charge in [0.25, 0.3) is 5.91 Å². The molecule has 2 N–H and O–H groups in total. The molecule has 0 fully saturated rings. The first-order valence-corrected chi connectivity index (χ1v) is 12.6. The summed E-state index contributed by atoms with van der Waals surface area (Å²) in [4.78, 5) is 29.3. The number of anilines is 1. The molecule has 11 heteroatoms. The topological polar surface area (TPSA) is 111 Å². The molecular formula is C24H24N6O3S2. The lowest BCUT2D eigenvalue weighted by Gasteiger charge is -2.15. The van der Waals surface area contributed by atoms with Crippen LogP contribution in [0.3, 0.4) is 0 Å². The highest BCUT2D eigenvalue weighted by atomic mass is 32.2. The van der Waals surface area contributed by atoms with Gasteiger partial charge < -0.3 is 15.4 Å². The van der Waals surface area contributed by atoms with Crippen LogP contribution in [0.4, 0.5) is 5.13 Å². The second-order valence-corrected chi connectivity index (χ2v) is 9.35. The Morgan fingerprint density at radius 1 is 1.11 bits per heavy atom. The Balaban J connectivity index is 1.57. The standard InChI is InChI=1S/C24H24N6O3S2/c1-15-7-6-9-18(16(15)2)30-20(13-26-22(32)17-8-4-5-10-19(17)33-3)28-29-24(30)35-14-21(31)27-23-25-11-12-34-23/h4-12H,13-14H2,1-3H3,(H,26,32)(H,25,27,31). The lowest BCUT2D eigenvalue weighted by atomic mass is 10.1. The minimum absolute atomic E-state index is 0.135. The summed E-state index contributed by atoms with van der Waals surface area (Å²) in [7, 11) is 1.53. The molecule has 0 aliphatic rings. The van der Waals surface area contributed by atoms with E-state index in [1.54, 1.807) is 35.8 Å². The third kappa shape index (κ3) is 5.69. The normalized spacial score (nSPS) is 10.7. The number of methoxy groups -OCH3 is 1. The molecule has 35 heavy (non-hydrogen) atoms. The molecule has 0 aliphatic heterocycles. The number of aromatic nitrogens is 4. The Morgan fingerprint density at radius 2 is 1.94 bits per heavy atom. The van der Waals surface area contributed by atoms with Crippen LogP contribution in [0.2, 0.25) is 0 Å². The van der Waals surface area contributed by atoms with Crippen LogP contribution in [0.1, 0.15) is 27.3 Å². The van der Waals surface area contributed by atoms with E-state index in [1.807, 2.05) is 36.6 Å². The monoisotopic (exact) mass is 508 g/mol. The van der Waals surface area contributed by atoms with Crippen molar-refractivity contribution >= 4 is 40.0 Å². The smallest absolute Gasteiger partial charge is 0.255 e. The number of amides is 2. The van der Waals surface area contributed by atoms with Gasteiger partial charge in [-0.3, -0.25) is 14.2 Å². The molecule has 4 rings (SSSR count). The van der Waals surface area contributed by atoms with Gasteiger partial charge in [0.15, 0.2) is 16.1 Å². The van der Waals surface area contributed by atoms with Crippen LogP contribution in [0.5, 0.6) is 5.75 Å². The first-order valence-electron chi connectivity index (χ1n) is 10.7. The van der Waals surface area contributed by atoms with Gasteiger partial charge in [-0.1, -0.05) is 36.0 Å². The summed E-state index contributed by atoms with van der Waals surface area (Å²) in [6.07, 6.45) is 1.64. The van der Waals surface area contributed by atoms with Crippen LogP contribution in [0, 0.1) is 13.8 Å². The number of para-hydroxylation sites is 1. The number of carbonyl (C=O) groups excluding carboxylic acids is 2. The number of hydrogen-bond donors (Lipinski definition) is 2. The van der Waals surface area contributed by atoms with E-state index >= 15 is 0 Å². The fraction of sp³-hybridized carbons (Fsp3) is 0.208. The summed E-state index contributed by atoms with van der Waals surface area (Å²) >= 11 is 2.62. The highest BCUT2D eigenvalue weighted by Crippen LogP contribution is 2.26. The van der Waals surface area contributed by atoms with Gasteiger partial charge in [-0.25, -0.2) is 4.98 Å². The number of hydrogen-bond acceptors (Lipinski definition) is 8. The Morgan fingerprint density at radius 3 is 2.71 bits per heavy atom. The van der Waals surface area contributed by atoms with E-state index in [2.05, 4.69) is 25.8 Å². The number of ether oxygens (including phenoxy) is 1. The van der Waals surface area contributed by atoms with E-state index in [1.165, 1.54) is 30.2 Å². The van der Waals surface area contributed by atoms with Crippen molar-refractivity contribution in [3.8, 4) is 11.4 Å². The Hall–Kier alpha value is -3.70. The summed E-state index contributed by atoms with van der Waals surface area (Å²) < 4.78 is 7.18. The minimum atomic E-state index is -0.282. The van der Waals surface area contributed by atoms with Crippen molar-refractivity contribution in [2.24, 2.45) is 0 Å². The molecule has 2 amide bonds. The lowest BCUT2D eigenvalue weighted by molar-refractivity contribution is -0.113.